The molecule has 6 nitrogen and oxygen atoms in total. The maximum absolute atomic E-state index is 9.05. The molecule has 33 heavy (non-hydrogen) atoms. The van der Waals surface area contributed by atoms with Crippen molar-refractivity contribution in [1.82, 2.24) is 9.55 Å². The van der Waals surface area contributed by atoms with Crippen LogP contribution in [0.3, 0.4) is 0 Å². The maximum Gasteiger partial charge on any atom is 0.228 e. The predicted octanol–water partition coefficient (Wildman–Crippen LogP) is 5.62. The highest BCUT2D eigenvalue weighted by Crippen LogP contribution is 2.48. The van der Waals surface area contributed by atoms with Crippen LogP contribution in [0.1, 0.15) is 42.4 Å². The van der Waals surface area contributed by atoms with Crippen LogP contribution in [-0.2, 0) is 6.54 Å². The van der Waals surface area contributed by atoms with Crippen LogP contribution >= 0.6 is 0 Å². The van der Waals surface area contributed by atoms with E-state index in [1.54, 1.807) is 20.5 Å². The van der Waals surface area contributed by atoms with Crippen molar-refractivity contribution < 1.29 is 14.2 Å². The molecule has 168 valence electrons. The molecule has 0 aliphatic carbocycles. The number of unbranched alkanes of at least 4 members (excludes halogenated alkanes) is 1. The first-order chi connectivity index (χ1) is 16.2. The van der Waals surface area contributed by atoms with Gasteiger partial charge in [0.1, 0.15) is 17.6 Å². The third-order valence-corrected chi connectivity index (χ3v) is 6.29. The van der Waals surface area contributed by atoms with Gasteiger partial charge in [0.25, 0.3) is 0 Å². The number of aryl methyl sites for hydroxylation is 1. The van der Waals surface area contributed by atoms with Gasteiger partial charge in [0.2, 0.25) is 5.88 Å². The highest BCUT2D eigenvalue weighted by Gasteiger charge is 2.33. The summed E-state index contributed by atoms with van der Waals surface area (Å²) in [4.78, 5) is 4.66. The van der Waals surface area contributed by atoms with Crippen LogP contribution in [0.5, 0.6) is 23.1 Å². The van der Waals surface area contributed by atoms with E-state index in [-0.39, 0.29) is 5.92 Å². The summed E-state index contributed by atoms with van der Waals surface area (Å²) in [7, 11) is 3.27. The molecule has 0 saturated heterocycles. The van der Waals surface area contributed by atoms with Crippen LogP contribution in [0.25, 0.3) is 10.8 Å². The van der Waals surface area contributed by atoms with Crippen molar-refractivity contribution in [3.05, 3.63) is 83.1 Å². The van der Waals surface area contributed by atoms with Gasteiger partial charge in [0, 0.05) is 23.4 Å². The lowest BCUT2D eigenvalue weighted by Gasteiger charge is -2.29. The number of ether oxygens (including phenoxy) is 3. The molecule has 0 fully saturated rings. The lowest BCUT2D eigenvalue weighted by atomic mass is 9.82. The van der Waals surface area contributed by atoms with Crippen LogP contribution < -0.4 is 19.7 Å². The number of benzene rings is 3. The van der Waals surface area contributed by atoms with Gasteiger partial charge in [-0.3, -0.25) is 5.41 Å². The Hall–Kier alpha value is -3.80. The number of fused-ring (bicyclic) bond motifs is 4. The standard InChI is InChI=1S/C27H27N3O3/c1-4-5-14-30-16-29-27-24(26(30)28)23(18-11-13-21(31-2)22(15-18)32-3)20-12-10-17-8-6-7-9-19(17)25(20)33-27/h6-13,15-16,23,28H,4-5,14H2,1-3H3/t23-/m1/s1. The van der Waals surface area contributed by atoms with Gasteiger partial charge in [-0.2, -0.15) is 0 Å². The van der Waals surface area contributed by atoms with E-state index in [0.29, 0.717) is 22.9 Å². The molecule has 3 aromatic carbocycles. The molecule has 1 aromatic heterocycles. The van der Waals surface area contributed by atoms with Gasteiger partial charge in [0.15, 0.2) is 11.5 Å². The van der Waals surface area contributed by atoms with Gasteiger partial charge >= 0.3 is 0 Å². The van der Waals surface area contributed by atoms with E-state index in [4.69, 9.17) is 19.6 Å². The molecular weight excluding hydrogens is 414 g/mol. The first-order valence-electron chi connectivity index (χ1n) is 11.2. The van der Waals surface area contributed by atoms with Crippen molar-refractivity contribution >= 4 is 10.8 Å². The molecule has 0 radical (unpaired) electrons. The zero-order chi connectivity index (χ0) is 22.9. The molecule has 0 spiro atoms. The average molecular weight is 442 g/mol. The second kappa shape index (κ2) is 8.62. The Morgan fingerprint density at radius 3 is 2.64 bits per heavy atom. The normalized spacial score (nSPS) is 14.3. The third-order valence-electron chi connectivity index (χ3n) is 6.29. The SMILES string of the molecule is CCCCn1cnc2c(c1=N)[C@H](c1ccc(OC)c(OC)c1)c1ccc3ccccc3c1O2. The fourth-order valence-electron chi connectivity index (χ4n) is 4.58. The van der Waals surface area contributed by atoms with E-state index in [1.165, 1.54) is 0 Å². The molecule has 0 unspecified atom stereocenters. The number of hydrogen-bond donors (Lipinski definition) is 1. The van der Waals surface area contributed by atoms with Crippen molar-refractivity contribution in [3.63, 3.8) is 0 Å². The summed E-state index contributed by atoms with van der Waals surface area (Å²) in [5.74, 6) is 2.37. The monoisotopic (exact) mass is 441 g/mol. The lowest BCUT2D eigenvalue weighted by Crippen LogP contribution is -2.30. The lowest BCUT2D eigenvalue weighted by molar-refractivity contribution is 0.354. The Kier molecular flexibility index (Phi) is 5.50. The Balaban J connectivity index is 1.78. The first-order valence-corrected chi connectivity index (χ1v) is 11.2. The maximum atomic E-state index is 9.05. The van der Waals surface area contributed by atoms with Crippen LogP contribution in [0, 0.1) is 5.41 Å². The molecule has 6 heteroatoms. The van der Waals surface area contributed by atoms with Crippen molar-refractivity contribution in [3.8, 4) is 23.1 Å². The summed E-state index contributed by atoms with van der Waals surface area (Å²) in [5.41, 5.74) is 3.20. The van der Waals surface area contributed by atoms with Crippen molar-refractivity contribution in [2.45, 2.75) is 32.2 Å². The molecule has 4 aromatic rings. The number of nitrogens with zero attached hydrogens (tertiary/aromatic N) is 2. The Morgan fingerprint density at radius 1 is 1.03 bits per heavy atom. The minimum absolute atomic E-state index is 0.220. The summed E-state index contributed by atoms with van der Waals surface area (Å²) in [6.45, 7) is 2.89. The van der Waals surface area contributed by atoms with Gasteiger partial charge in [-0.15, -0.1) is 0 Å². The van der Waals surface area contributed by atoms with E-state index in [1.807, 2.05) is 34.9 Å². The fourth-order valence-corrected chi connectivity index (χ4v) is 4.58. The second-order valence-electron chi connectivity index (χ2n) is 8.21. The Labute approximate surface area is 192 Å². The van der Waals surface area contributed by atoms with Gasteiger partial charge in [0.05, 0.1) is 19.8 Å². The zero-order valence-corrected chi connectivity index (χ0v) is 19.1. The van der Waals surface area contributed by atoms with E-state index < -0.39 is 0 Å². The number of methoxy groups -OCH3 is 2. The topological polar surface area (TPSA) is 69.4 Å². The van der Waals surface area contributed by atoms with Crippen LogP contribution in [0.4, 0.5) is 0 Å². The molecular formula is C27H27N3O3. The molecule has 0 amide bonds. The van der Waals surface area contributed by atoms with Crippen molar-refractivity contribution in [2.75, 3.05) is 14.2 Å². The number of aromatic nitrogens is 2. The van der Waals surface area contributed by atoms with E-state index >= 15 is 0 Å². The molecule has 1 atom stereocenters. The highest BCUT2D eigenvalue weighted by atomic mass is 16.5. The molecule has 0 bridgehead atoms. The van der Waals surface area contributed by atoms with Gasteiger partial charge in [-0.1, -0.05) is 55.8 Å². The molecule has 0 saturated carbocycles. The van der Waals surface area contributed by atoms with E-state index in [2.05, 4.69) is 36.2 Å². The summed E-state index contributed by atoms with van der Waals surface area (Å²) < 4.78 is 19.3. The predicted molar refractivity (Wildman–Crippen MR) is 128 cm³/mol. The van der Waals surface area contributed by atoms with Crippen molar-refractivity contribution in [2.24, 2.45) is 0 Å². The first kappa shape index (κ1) is 21.1. The number of nitrogens with one attached hydrogen (secondary N) is 1. The summed E-state index contributed by atoms with van der Waals surface area (Å²) in [6, 6.07) is 18.3. The molecule has 1 aliphatic heterocycles. The summed E-state index contributed by atoms with van der Waals surface area (Å²) in [5, 5.41) is 11.2. The third kappa shape index (κ3) is 3.52. The van der Waals surface area contributed by atoms with E-state index in [0.717, 1.165) is 52.6 Å². The molecule has 2 heterocycles. The minimum atomic E-state index is -0.220. The second-order valence-corrected chi connectivity index (χ2v) is 8.21. The smallest absolute Gasteiger partial charge is 0.228 e. The zero-order valence-electron chi connectivity index (χ0n) is 19.1. The van der Waals surface area contributed by atoms with E-state index in [9.17, 15) is 0 Å². The quantitative estimate of drug-likeness (QED) is 0.371. The highest BCUT2D eigenvalue weighted by molar-refractivity contribution is 5.91. The minimum Gasteiger partial charge on any atom is -0.493 e. The average Bonchev–Trinajstić information content (AvgIpc) is 2.86. The van der Waals surface area contributed by atoms with Gasteiger partial charge in [-0.05, 0) is 29.5 Å². The molecule has 1 N–H and O–H groups in total. The fraction of sp³-hybridized carbons (Fsp3) is 0.259. The largest absolute Gasteiger partial charge is 0.493 e. The molecule has 1 aliphatic rings. The number of hydrogen-bond acceptors (Lipinski definition) is 5. The van der Waals surface area contributed by atoms with Crippen LogP contribution in [0.15, 0.2) is 60.9 Å². The van der Waals surface area contributed by atoms with Gasteiger partial charge in [-0.25, -0.2) is 4.98 Å². The summed E-state index contributed by atoms with van der Waals surface area (Å²) >= 11 is 0. The van der Waals surface area contributed by atoms with Gasteiger partial charge < -0.3 is 18.8 Å². The molecule has 5 rings (SSSR count). The Bertz CT molecular complexity index is 1390. The van der Waals surface area contributed by atoms with Crippen LogP contribution in [-0.4, -0.2) is 23.8 Å². The van der Waals surface area contributed by atoms with Crippen molar-refractivity contribution in [1.29, 1.82) is 5.41 Å². The Morgan fingerprint density at radius 2 is 1.85 bits per heavy atom. The number of rotatable bonds is 6. The summed E-state index contributed by atoms with van der Waals surface area (Å²) in [6.07, 6.45) is 3.76. The van der Waals surface area contributed by atoms with Crippen LogP contribution in [0.2, 0.25) is 0 Å².